The molecule has 1 aliphatic rings. The van der Waals surface area contributed by atoms with Gasteiger partial charge in [-0.3, -0.25) is 4.90 Å². The Hall–Kier alpha value is -0.800. The smallest absolute Gasteiger partial charge is 0.118 e. The number of nitrogens with one attached hydrogen (secondary N) is 1. The van der Waals surface area contributed by atoms with Gasteiger partial charge < -0.3 is 9.73 Å². The van der Waals surface area contributed by atoms with E-state index in [1.165, 1.54) is 44.3 Å². The fraction of sp³-hybridized carbons (Fsp3) is 0.750. The third-order valence-electron chi connectivity index (χ3n) is 4.33. The maximum atomic E-state index is 5.78. The van der Waals surface area contributed by atoms with Crippen molar-refractivity contribution in [1.82, 2.24) is 10.2 Å². The van der Waals surface area contributed by atoms with Crippen LogP contribution in [-0.2, 0) is 13.1 Å². The highest BCUT2D eigenvalue weighted by atomic mass is 16.3. The van der Waals surface area contributed by atoms with E-state index in [4.69, 9.17) is 4.42 Å². The number of rotatable bonds is 5. The van der Waals surface area contributed by atoms with Gasteiger partial charge in [0.05, 0.1) is 6.54 Å². The molecular weight excluding hydrogens is 236 g/mol. The van der Waals surface area contributed by atoms with Gasteiger partial charge in [-0.1, -0.05) is 13.3 Å². The summed E-state index contributed by atoms with van der Waals surface area (Å²) >= 11 is 0. The first-order chi connectivity index (χ1) is 9.22. The van der Waals surface area contributed by atoms with Crippen LogP contribution in [-0.4, -0.2) is 25.0 Å². The summed E-state index contributed by atoms with van der Waals surface area (Å²) in [6, 6.07) is 2.22. The van der Waals surface area contributed by atoms with Crippen molar-refractivity contribution in [2.75, 3.05) is 20.1 Å². The number of aryl methyl sites for hydroxylation is 1. The van der Waals surface area contributed by atoms with Crippen molar-refractivity contribution in [2.24, 2.45) is 5.92 Å². The molecule has 1 aromatic heterocycles. The standard InChI is InChI=1S/C16H28N2O/c1-4-14-6-5-8-18(9-7-14)12-15-10-16(11-17-3)19-13(15)2/h10,14,17H,4-9,11-12H2,1-3H3. The molecule has 3 nitrogen and oxygen atoms in total. The molecule has 0 radical (unpaired) electrons. The van der Waals surface area contributed by atoms with Crippen LogP contribution in [0.5, 0.6) is 0 Å². The van der Waals surface area contributed by atoms with E-state index in [0.29, 0.717) is 0 Å². The highest BCUT2D eigenvalue weighted by Crippen LogP contribution is 2.23. The van der Waals surface area contributed by atoms with Gasteiger partial charge in [-0.25, -0.2) is 0 Å². The molecule has 2 rings (SSSR count). The van der Waals surface area contributed by atoms with E-state index in [9.17, 15) is 0 Å². The van der Waals surface area contributed by atoms with Crippen molar-refractivity contribution in [3.8, 4) is 0 Å². The van der Waals surface area contributed by atoms with Crippen molar-refractivity contribution in [3.05, 3.63) is 23.2 Å². The van der Waals surface area contributed by atoms with Crippen LogP contribution < -0.4 is 5.32 Å². The molecule has 108 valence electrons. The second-order valence-electron chi connectivity index (χ2n) is 5.81. The summed E-state index contributed by atoms with van der Waals surface area (Å²) in [5.74, 6) is 3.08. The van der Waals surface area contributed by atoms with Crippen LogP contribution in [0.4, 0.5) is 0 Å². The van der Waals surface area contributed by atoms with E-state index in [0.717, 1.165) is 30.5 Å². The van der Waals surface area contributed by atoms with E-state index in [2.05, 4.69) is 30.1 Å². The van der Waals surface area contributed by atoms with Crippen molar-refractivity contribution in [3.63, 3.8) is 0 Å². The molecule has 0 bridgehead atoms. The number of nitrogens with zero attached hydrogens (tertiary/aromatic N) is 1. The molecule has 1 N–H and O–H groups in total. The number of hydrogen-bond acceptors (Lipinski definition) is 3. The average molecular weight is 264 g/mol. The van der Waals surface area contributed by atoms with Gasteiger partial charge in [0.2, 0.25) is 0 Å². The van der Waals surface area contributed by atoms with Crippen LogP contribution in [0.3, 0.4) is 0 Å². The number of furan rings is 1. The van der Waals surface area contributed by atoms with Crippen LogP contribution in [0.1, 0.15) is 49.7 Å². The molecule has 0 aliphatic carbocycles. The quantitative estimate of drug-likeness (QED) is 0.884. The maximum Gasteiger partial charge on any atom is 0.118 e. The summed E-state index contributed by atoms with van der Waals surface area (Å²) in [6.45, 7) is 8.76. The minimum absolute atomic E-state index is 0.818. The molecule has 1 aromatic rings. The van der Waals surface area contributed by atoms with Crippen LogP contribution >= 0.6 is 0 Å². The Morgan fingerprint density at radius 2 is 2.21 bits per heavy atom. The fourth-order valence-electron chi connectivity index (χ4n) is 3.04. The lowest BCUT2D eigenvalue weighted by atomic mass is 9.98. The summed E-state index contributed by atoms with van der Waals surface area (Å²) in [5.41, 5.74) is 1.36. The van der Waals surface area contributed by atoms with Gasteiger partial charge in [-0.15, -0.1) is 0 Å². The van der Waals surface area contributed by atoms with Gasteiger partial charge in [0.1, 0.15) is 11.5 Å². The molecule has 1 atom stereocenters. The lowest BCUT2D eigenvalue weighted by molar-refractivity contribution is 0.270. The first-order valence-corrected chi connectivity index (χ1v) is 7.68. The number of hydrogen-bond donors (Lipinski definition) is 1. The zero-order valence-corrected chi connectivity index (χ0v) is 12.7. The molecule has 19 heavy (non-hydrogen) atoms. The maximum absolute atomic E-state index is 5.78. The van der Waals surface area contributed by atoms with E-state index < -0.39 is 0 Å². The van der Waals surface area contributed by atoms with E-state index >= 15 is 0 Å². The third kappa shape index (κ3) is 4.08. The molecule has 0 aromatic carbocycles. The summed E-state index contributed by atoms with van der Waals surface area (Å²) in [7, 11) is 1.96. The second-order valence-corrected chi connectivity index (χ2v) is 5.81. The van der Waals surface area contributed by atoms with Crippen molar-refractivity contribution in [2.45, 2.75) is 52.6 Å². The summed E-state index contributed by atoms with van der Waals surface area (Å²) < 4.78 is 5.78. The topological polar surface area (TPSA) is 28.4 Å². The summed E-state index contributed by atoms with van der Waals surface area (Å²) in [5, 5.41) is 3.14. The Kier molecular flexibility index (Phi) is 5.46. The van der Waals surface area contributed by atoms with Crippen molar-refractivity contribution in [1.29, 1.82) is 0 Å². The molecule has 0 amide bonds. The predicted octanol–water partition coefficient (Wildman–Crippen LogP) is 3.32. The molecule has 0 saturated carbocycles. The molecule has 1 aliphatic heterocycles. The highest BCUT2D eigenvalue weighted by molar-refractivity contribution is 5.20. The monoisotopic (exact) mass is 264 g/mol. The van der Waals surface area contributed by atoms with E-state index in [1.807, 2.05) is 7.05 Å². The molecule has 1 unspecified atom stereocenters. The van der Waals surface area contributed by atoms with E-state index in [-0.39, 0.29) is 0 Å². The molecule has 1 fully saturated rings. The van der Waals surface area contributed by atoms with Gasteiger partial charge in [-0.2, -0.15) is 0 Å². The van der Waals surface area contributed by atoms with Crippen LogP contribution in [0.15, 0.2) is 10.5 Å². The zero-order chi connectivity index (χ0) is 13.7. The normalized spacial score (nSPS) is 21.5. The largest absolute Gasteiger partial charge is 0.465 e. The minimum atomic E-state index is 0.818. The Bertz CT molecular complexity index is 386. The average Bonchev–Trinajstić information content (AvgIpc) is 2.62. The van der Waals surface area contributed by atoms with Crippen LogP contribution in [0.25, 0.3) is 0 Å². The molecule has 0 spiro atoms. The summed E-state index contributed by atoms with van der Waals surface area (Å²) in [6.07, 6.45) is 5.45. The fourth-order valence-corrected chi connectivity index (χ4v) is 3.04. The Balaban J connectivity index is 1.93. The predicted molar refractivity (Wildman–Crippen MR) is 79.1 cm³/mol. The SMILES string of the molecule is CCC1CCCN(Cc2cc(CNC)oc2C)CC1. The van der Waals surface area contributed by atoms with E-state index in [1.54, 1.807) is 0 Å². The van der Waals surface area contributed by atoms with Gasteiger partial charge in [-0.05, 0) is 58.3 Å². The van der Waals surface area contributed by atoms with Gasteiger partial charge in [0, 0.05) is 12.1 Å². The molecular formula is C16H28N2O. The minimum Gasteiger partial charge on any atom is -0.465 e. The Morgan fingerprint density at radius 3 is 2.95 bits per heavy atom. The highest BCUT2D eigenvalue weighted by Gasteiger charge is 2.17. The molecule has 3 heteroatoms. The van der Waals surface area contributed by atoms with Gasteiger partial charge >= 0.3 is 0 Å². The van der Waals surface area contributed by atoms with Gasteiger partial charge in [0.15, 0.2) is 0 Å². The van der Waals surface area contributed by atoms with Crippen molar-refractivity contribution >= 4 is 0 Å². The van der Waals surface area contributed by atoms with Crippen molar-refractivity contribution < 1.29 is 4.42 Å². The first kappa shape index (κ1) is 14.6. The third-order valence-corrected chi connectivity index (χ3v) is 4.33. The lowest BCUT2D eigenvalue weighted by Gasteiger charge is -2.19. The second kappa shape index (κ2) is 7.11. The van der Waals surface area contributed by atoms with Crippen LogP contribution in [0.2, 0.25) is 0 Å². The lowest BCUT2D eigenvalue weighted by Crippen LogP contribution is -2.24. The Morgan fingerprint density at radius 1 is 1.37 bits per heavy atom. The zero-order valence-electron chi connectivity index (χ0n) is 12.7. The molecule has 2 heterocycles. The summed E-state index contributed by atoms with van der Waals surface area (Å²) in [4.78, 5) is 2.59. The molecule has 1 saturated heterocycles. The number of likely N-dealkylation sites (tertiary alicyclic amines) is 1. The first-order valence-electron chi connectivity index (χ1n) is 7.68. The van der Waals surface area contributed by atoms with Crippen LogP contribution in [0, 0.1) is 12.8 Å². The Labute approximate surface area is 117 Å². The van der Waals surface area contributed by atoms with Gasteiger partial charge in [0.25, 0.3) is 0 Å².